The van der Waals surface area contributed by atoms with Gasteiger partial charge < -0.3 is 36.1 Å². The van der Waals surface area contributed by atoms with Gasteiger partial charge in [0.05, 0.1) is 0 Å². The minimum Gasteiger partial charge on any atom is -0.491 e. The Hall–Kier alpha value is -1.87. The third-order valence-electron chi connectivity index (χ3n) is 3.57. The van der Waals surface area contributed by atoms with Gasteiger partial charge in [-0.05, 0) is 12.1 Å². The number of amides is 1. The number of carbonyl (C=O) groups is 1. The molecular formula is C19H33N3O5. The van der Waals surface area contributed by atoms with Gasteiger partial charge in [0.15, 0.2) is 0 Å². The van der Waals surface area contributed by atoms with Crippen LogP contribution in [0.2, 0.25) is 0 Å². The van der Waals surface area contributed by atoms with Gasteiger partial charge in [0.1, 0.15) is 36.9 Å². The van der Waals surface area contributed by atoms with E-state index in [-0.39, 0.29) is 30.9 Å². The summed E-state index contributed by atoms with van der Waals surface area (Å²) in [5.41, 5.74) is 5.59. The highest BCUT2D eigenvalue weighted by atomic mass is 16.5. The van der Waals surface area contributed by atoms with Gasteiger partial charge in [-0.3, -0.25) is 4.79 Å². The van der Waals surface area contributed by atoms with Crippen LogP contribution in [0.1, 0.15) is 38.1 Å². The number of rotatable bonds is 13. The third-order valence-corrected chi connectivity index (χ3v) is 3.57. The number of carbonyl (C=O) groups excluding carboxylic acids is 1. The molecule has 0 radical (unpaired) electrons. The lowest BCUT2D eigenvalue weighted by Gasteiger charge is -2.17. The van der Waals surface area contributed by atoms with Crippen LogP contribution in [-0.4, -0.2) is 66.7 Å². The molecular weight excluding hydrogens is 350 g/mol. The van der Waals surface area contributed by atoms with E-state index in [4.69, 9.17) is 15.2 Å². The standard InChI is InChI=1S/C19H33N3O5/c1-12(2)21-8-15(23)10-26-17-5-14(19(20)25)6-18(7-17)27-11-16(24)9-22-13(3)4/h5-7,12-13,15-16,21-24H,8-11H2,1-4H3,(H2,20,25)/t15-,16-/m0/s1. The van der Waals surface area contributed by atoms with Crippen molar-refractivity contribution in [2.45, 2.75) is 52.0 Å². The van der Waals surface area contributed by atoms with E-state index < -0.39 is 18.1 Å². The zero-order valence-corrected chi connectivity index (χ0v) is 16.6. The van der Waals surface area contributed by atoms with Crippen LogP contribution >= 0.6 is 0 Å². The van der Waals surface area contributed by atoms with Gasteiger partial charge in [-0.25, -0.2) is 0 Å². The molecule has 2 atom stereocenters. The highest BCUT2D eigenvalue weighted by Crippen LogP contribution is 2.23. The largest absolute Gasteiger partial charge is 0.491 e. The number of primary amides is 1. The first-order valence-corrected chi connectivity index (χ1v) is 9.20. The average Bonchev–Trinajstić information content (AvgIpc) is 2.60. The van der Waals surface area contributed by atoms with Crippen molar-refractivity contribution >= 4 is 5.91 Å². The summed E-state index contributed by atoms with van der Waals surface area (Å²) in [6.07, 6.45) is -1.39. The molecule has 1 rings (SSSR count). The molecule has 0 saturated carbocycles. The number of aliphatic hydroxyl groups excluding tert-OH is 2. The maximum Gasteiger partial charge on any atom is 0.248 e. The van der Waals surface area contributed by atoms with Crippen LogP contribution in [0.25, 0.3) is 0 Å². The number of hydrogen-bond donors (Lipinski definition) is 5. The first-order valence-electron chi connectivity index (χ1n) is 9.20. The summed E-state index contributed by atoms with van der Waals surface area (Å²) in [5.74, 6) is 0.105. The molecule has 27 heavy (non-hydrogen) atoms. The fraction of sp³-hybridized carbons (Fsp3) is 0.632. The molecule has 0 unspecified atom stereocenters. The second kappa shape index (κ2) is 11.8. The summed E-state index contributed by atoms with van der Waals surface area (Å²) in [7, 11) is 0. The van der Waals surface area contributed by atoms with Gasteiger partial charge in [0, 0.05) is 36.8 Å². The maximum absolute atomic E-state index is 11.5. The number of hydrogen-bond acceptors (Lipinski definition) is 7. The number of ether oxygens (including phenoxy) is 2. The summed E-state index contributed by atoms with van der Waals surface area (Å²) >= 11 is 0. The minimum atomic E-state index is -0.696. The summed E-state index contributed by atoms with van der Waals surface area (Å²) < 4.78 is 11.1. The van der Waals surface area contributed by atoms with Crippen molar-refractivity contribution in [2.24, 2.45) is 5.73 Å². The quantitative estimate of drug-likeness (QED) is 0.331. The molecule has 1 aromatic carbocycles. The Morgan fingerprint density at radius 2 is 1.33 bits per heavy atom. The van der Waals surface area contributed by atoms with Crippen molar-refractivity contribution < 1.29 is 24.5 Å². The molecule has 0 fully saturated rings. The highest BCUT2D eigenvalue weighted by molar-refractivity contribution is 5.93. The topological polar surface area (TPSA) is 126 Å². The Labute approximate surface area is 161 Å². The smallest absolute Gasteiger partial charge is 0.248 e. The van der Waals surface area contributed by atoms with E-state index in [2.05, 4.69) is 10.6 Å². The molecule has 0 aliphatic rings. The fourth-order valence-corrected chi connectivity index (χ4v) is 2.13. The van der Waals surface area contributed by atoms with E-state index in [0.717, 1.165) is 0 Å². The zero-order valence-electron chi connectivity index (χ0n) is 16.6. The Bertz CT molecular complexity index is 540. The molecule has 0 bridgehead atoms. The third kappa shape index (κ3) is 10.1. The molecule has 8 nitrogen and oxygen atoms in total. The van der Waals surface area contributed by atoms with E-state index in [1.807, 2.05) is 27.7 Å². The van der Waals surface area contributed by atoms with E-state index >= 15 is 0 Å². The van der Waals surface area contributed by atoms with Crippen molar-refractivity contribution in [2.75, 3.05) is 26.3 Å². The molecule has 8 heteroatoms. The van der Waals surface area contributed by atoms with Crippen LogP contribution in [-0.2, 0) is 0 Å². The molecule has 0 heterocycles. The Kier molecular flexibility index (Phi) is 10.1. The second-order valence-electron chi connectivity index (χ2n) is 7.11. The maximum atomic E-state index is 11.5. The first kappa shape index (κ1) is 23.2. The monoisotopic (exact) mass is 383 g/mol. The van der Waals surface area contributed by atoms with Gasteiger partial charge >= 0.3 is 0 Å². The molecule has 6 N–H and O–H groups in total. The molecule has 0 spiro atoms. The van der Waals surface area contributed by atoms with Crippen molar-refractivity contribution in [1.82, 2.24) is 10.6 Å². The van der Waals surface area contributed by atoms with Crippen molar-refractivity contribution in [3.8, 4) is 11.5 Å². The molecule has 154 valence electrons. The van der Waals surface area contributed by atoms with E-state index in [1.54, 1.807) is 6.07 Å². The molecule has 1 aromatic rings. The lowest BCUT2D eigenvalue weighted by molar-refractivity contribution is 0.0983. The van der Waals surface area contributed by atoms with Gasteiger partial charge in [0.2, 0.25) is 5.91 Å². The van der Waals surface area contributed by atoms with Gasteiger partial charge in [0.25, 0.3) is 0 Å². The van der Waals surface area contributed by atoms with Crippen LogP contribution in [0.3, 0.4) is 0 Å². The zero-order chi connectivity index (χ0) is 20.4. The summed E-state index contributed by atoms with van der Waals surface area (Å²) in [4.78, 5) is 11.5. The lowest BCUT2D eigenvalue weighted by atomic mass is 10.2. The van der Waals surface area contributed by atoms with E-state index in [9.17, 15) is 15.0 Å². The lowest BCUT2D eigenvalue weighted by Crippen LogP contribution is -2.35. The molecule has 0 saturated heterocycles. The van der Waals surface area contributed by atoms with Crippen LogP contribution < -0.4 is 25.8 Å². The summed E-state index contributed by atoms with van der Waals surface area (Å²) in [6, 6.07) is 5.10. The van der Waals surface area contributed by atoms with Gasteiger partial charge in [-0.15, -0.1) is 0 Å². The predicted octanol–water partition coefficient (Wildman–Crippen LogP) is 0.261. The Morgan fingerprint density at radius 3 is 1.67 bits per heavy atom. The van der Waals surface area contributed by atoms with Crippen molar-refractivity contribution in [3.63, 3.8) is 0 Å². The number of nitrogens with two attached hydrogens (primary N) is 1. The highest BCUT2D eigenvalue weighted by Gasteiger charge is 2.12. The molecule has 0 aromatic heterocycles. The SMILES string of the molecule is CC(C)NC[C@H](O)COc1cc(OC[C@@H](O)CNC(C)C)cc(C(N)=O)c1. The van der Waals surface area contributed by atoms with Crippen LogP contribution in [0.4, 0.5) is 0 Å². The second-order valence-corrected chi connectivity index (χ2v) is 7.11. The van der Waals surface area contributed by atoms with Gasteiger partial charge in [-0.2, -0.15) is 0 Å². The normalized spacial score (nSPS) is 13.6. The van der Waals surface area contributed by atoms with E-state index in [1.165, 1.54) is 12.1 Å². The van der Waals surface area contributed by atoms with E-state index in [0.29, 0.717) is 24.6 Å². The molecule has 1 amide bonds. The van der Waals surface area contributed by atoms with Crippen molar-refractivity contribution in [3.05, 3.63) is 23.8 Å². The Morgan fingerprint density at radius 1 is 0.926 bits per heavy atom. The number of aliphatic hydroxyl groups is 2. The summed E-state index contributed by atoms with van der Waals surface area (Å²) in [6.45, 7) is 8.84. The van der Waals surface area contributed by atoms with Crippen LogP contribution in [0, 0.1) is 0 Å². The predicted molar refractivity (Wildman–Crippen MR) is 104 cm³/mol. The average molecular weight is 383 g/mol. The number of benzene rings is 1. The fourth-order valence-electron chi connectivity index (χ4n) is 2.13. The molecule has 0 aliphatic heterocycles. The minimum absolute atomic E-state index is 0.0578. The van der Waals surface area contributed by atoms with Crippen LogP contribution in [0.5, 0.6) is 11.5 Å². The van der Waals surface area contributed by atoms with Gasteiger partial charge in [-0.1, -0.05) is 27.7 Å². The first-order chi connectivity index (χ1) is 12.7. The number of nitrogens with one attached hydrogen (secondary N) is 2. The Balaban J connectivity index is 2.66. The molecule has 0 aliphatic carbocycles. The summed E-state index contributed by atoms with van der Waals surface area (Å²) in [5, 5.41) is 26.1. The van der Waals surface area contributed by atoms with Crippen LogP contribution in [0.15, 0.2) is 18.2 Å². The van der Waals surface area contributed by atoms with Crippen molar-refractivity contribution in [1.29, 1.82) is 0 Å².